The second kappa shape index (κ2) is 8.56. The number of benzene rings is 1. The average molecular weight is 423 g/mol. The molecular formula is C20H22N8OS. The maximum absolute atomic E-state index is 11.9. The standard InChI is InChI=1S/C20H22N8OS/c1-13-11-16(26-25-13)22-19-24-20(23-17-5-4-10-28(17)19)30-15-8-6-14(7-9-15)21-18(29)12-27(2)3/h4-11H,12H2,1-3H3,(H,21,29)(H2,22,23,24,25,26). The largest absolute Gasteiger partial charge is 0.325 e. The van der Waals surface area contributed by atoms with Crippen LogP contribution in [-0.2, 0) is 4.79 Å². The number of H-pyrrole nitrogens is 1. The van der Waals surface area contributed by atoms with E-state index in [1.54, 1.807) is 0 Å². The molecule has 0 aliphatic carbocycles. The third kappa shape index (κ3) is 4.78. The van der Waals surface area contributed by atoms with Crippen LogP contribution < -0.4 is 10.6 Å². The number of amides is 1. The number of likely N-dealkylation sites (N-methyl/N-ethyl adjacent to an activating group) is 1. The molecule has 0 aliphatic heterocycles. The van der Waals surface area contributed by atoms with Gasteiger partial charge in [0.25, 0.3) is 0 Å². The molecule has 9 nitrogen and oxygen atoms in total. The number of aromatic nitrogens is 5. The predicted octanol–water partition coefficient (Wildman–Crippen LogP) is 3.16. The van der Waals surface area contributed by atoms with Crippen molar-refractivity contribution in [2.45, 2.75) is 17.0 Å². The number of rotatable bonds is 7. The van der Waals surface area contributed by atoms with Gasteiger partial charge in [0.1, 0.15) is 5.65 Å². The lowest BCUT2D eigenvalue weighted by Gasteiger charge is -2.11. The summed E-state index contributed by atoms with van der Waals surface area (Å²) >= 11 is 1.45. The monoisotopic (exact) mass is 422 g/mol. The summed E-state index contributed by atoms with van der Waals surface area (Å²) in [5.41, 5.74) is 2.50. The summed E-state index contributed by atoms with van der Waals surface area (Å²) in [7, 11) is 3.72. The molecule has 1 aromatic carbocycles. The van der Waals surface area contributed by atoms with Crippen LogP contribution in [0.5, 0.6) is 0 Å². The van der Waals surface area contributed by atoms with E-state index in [4.69, 9.17) is 0 Å². The van der Waals surface area contributed by atoms with E-state index in [0.29, 0.717) is 23.5 Å². The zero-order chi connectivity index (χ0) is 21.1. The lowest BCUT2D eigenvalue weighted by atomic mass is 10.3. The van der Waals surface area contributed by atoms with Crippen molar-refractivity contribution < 1.29 is 4.79 Å². The summed E-state index contributed by atoms with van der Waals surface area (Å²) in [4.78, 5) is 24.0. The maximum Gasteiger partial charge on any atom is 0.238 e. The first-order valence-electron chi connectivity index (χ1n) is 9.33. The molecule has 0 bridgehead atoms. The van der Waals surface area contributed by atoms with Gasteiger partial charge in [0.05, 0.1) is 6.54 Å². The molecule has 30 heavy (non-hydrogen) atoms. The zero-order valence-electron chi connectivity index (χ0n) is 16.9. The third-order valence-corrected chi connectivity index (χ3v) is 4.99. The first kappa shape index (κ1) is 19.9. The molecular weight excluding hydrogens is 400 g/mol. The van der Waals surface area contributed by atoms with Crippen LogP contribution in [0.15, 0.2) is 58.7 Å². The van der Waals surface area contributed by atoms with Gasteiger partial charge in [-0.1, -0.05) is 0 Å². The number of anilines is 3. The third-order valence-electron chi connectivity index (χ3n) is 4.12. The van der Waals surface area contributed by atoms with Gasteiger partial charge in [0.15, 0.2) is 11.0 Å². The van der Waals surface area contributed by atoms with Gasteiger partial charge >= 0.3 is 0 Å². The van der Waals surface area contributed by atoms with E-state index in [2.05, 4.69) is 30.8 Å². The van der Waals surface area contributed by atoms with Gasteiger partial charge in [0, 0.05) is 28.5 Å². The predicted molar refractivity (Wildman–Crippen MR) is 117 cm³/mol. The Kier molecular flexibility index (Phi) is 5.68. The van der Waals surface area contributed by atoms with Crippen LogP contribution in [0.3, 0.4) is 0 Å². The number of fused-ring (bicyclic) bond motifs is 1. The lowest BCUT2D eigenvalue weighted by molar-refractivity contribution is -0.116. The molecule has 0 spiro atoms. The molecule has 0 saturated heterocycles. The fourth-order valence-corrected chi connectivity index (χ4v) is 3.59. The van der Waals surface area contributed by atoms with Crippen molar-refractivity contribution in [1.29, 1.82) is 0 Å². The van der Waals surface area contributed by atoms with Crippen molar-refractivity contribution in [3.63, 3.8) is 0 Å². The van der Waals surface area contributed by atoms with Crippen LogP contribution in [-0.4, -0.2) is 56.0 Å². The molecule has 10 heteroatoms. The quantitative estimate of drug-likeness (QED) is 0.420. The second-order valence-corrected chi connectivity index (χ2v) is 8.08. The Bertz CT molecular complexity index is 1170. The van der Waals surface area contributed by atoms with Gasteiger partial charge in [-0.15, -0.1) is 0 Å². The molecule has 4 aromatic rings. The van der Waals surface area contributed by atoms with E-state index in [0.717, 1.165) is 21.9 Å². The van der Waals surface area contributed by atoms with Gasteiger partial charge in [-0.25, -0.2) is 4.98 Å². The Morgan fingerprint density at radius 1 is 1.20 bits per heavy atom. The Labute approximate surface area is 177 Å². The molecule has 1 amide bonds. The number of nitrogens with zero attached hydrogens (tertiary/aromatic N) is 5. The Hall–Kier alpha value is -3.37. The highest BCUT2D eigenvalue weighted by molar-refractivity contribution is 7.99. The molecule has 154 valence electrons. The number of nitrogens with one attached hydrogen (secondary N) is 3. The first-order chi connectivity index (χ1) is 14.5. The van der Waals surface area contributed by atoms with Gasteiger partial charge in [-0.05, 0) is 69.2 Å². The highest BCUT2D eigenvalue weighted by Crippen LogP contribution is 2.28. The molecule has 3 heterocycles. The fourth-order valence-electron chi connectivity index (χ4n) is 2.84. The fraction of sp³-hybridized carbons (Fsp3) is 0.200. The Morgan fingerprint density at radius 3 is 2.70 bits per heavy atom. The summed E-state index contributed by atoms with van der Waals surface area (Å²) in [5.74, 6) is 1.27. The smallest absolute Gasteiger partial charge is 0.238 e. The van der Waals surface area contributed by atoms with Crippen LogP contribution >= 0.6 is 11.8 Å². The van der Waals surface area contributed by atoms with Crippen molar-refractivity contribution in [1.82, 2.24) is 29.5 Å². The van der Waals surface area contributed by atoms with Gasteiger partial charge < -0.3 is 15.5 Å². The molecule has 0 radical (unpaired) electrons. The van der Waals surface area contributed by atoms with Crippen LogP contribution in [0.2, 0.25) is 0 Å². The van der Waals surface area contributed by atoms with Crippen molar-refractivity contribution in [2.24, 2.45) is 0 Å². The van der Waals surface area contributed by atoms with E-state index in [1.807, 2.05) is 79.0 Å². The first-order valence-corrected chi connectivity index (χ1v) is 10.1. The second-order valence-electron chi connectivity index (χ2n) is 7.04. The van der Waals surface area contributed by atoms with E-state index in [9.17, 15) is 4.79 Å². The lowest BCUT2D eigenvalue weighted by Crippen LogP contribution is -2.26. The van der Waals surface area contributed by atoms with Crippen molar-refractivity contribution in [2.75, 3.05) is 31.3 Å². The number of aromatic amines is 1. The summed E-state index contributed by atoms with van der Waals surface area (Å²) in [6.07, 6.45) is 1.90. The Balaban J connectivity index is 1.51. The summed E-state index contributed by atoms with van der Waals surface area (Å²) in [6.45, 7) is 2.28. The maximum atomic E-state index is 11.9. The van der Waals surface area contributed by atoms with Gasteiger partial charge in [-0.3, -0.25) is 14.3 Å². The molecule has 4 rings (SSSR count). The number of hydrogen-bond acceptors (Lipinski definition) is 7. The minimum Gasteiger partial charge on any atom is -0.325 e. The zero-order valence-corrected chi connectivity index (χ0v) is 17.7. The number of carbonyl (C=O) groups excluding carboxylic acids is 1. The number of carbonyl (C=O) groups is 1. The molecule has 0 fully saturated rings. The van der Waals surface area contributed by atoms with Crippen molar-refractivity contribution >= 4 is 40.8 Å². The van der Waals surface area contributed by atoms with E-state index in [-0.39, 0.29) is 5.91 Å². The summed E-state index contributed by atoms with van der Waals surface area (Å²) in [6, 6.07) is 13.4. The molecule has 3 N–H and O–H groups in total. The molecule has 0 atom stereocenters. The van der Waals surface area contributed by atoms with E-state index >= 15 is 0 Å². The van der Waals surface area contributed by atoms with E-state index < -0.39 is 0 Å². The summed E-state index contributed by atoms with van der Waals surface area (Å²) < 4.78 is 1.87. The molecule has 3 aromatic heterocycles. The van der Waals surface area contributed by atoms with E-state index in [1.165, 1.54) is 11.8 Å². The SMILES string of the molecule is Cc1cc(Nc2nc(Sc3ccc(NC(=O)CN(C)C)cc3)nc3cccn23)n[nH]1. The Morgan fingerprint density at radius 2 is 2.00 bits per heavy atom. The van der Waals surface area contributed by atoms with Crippen molar-refractivity contribution in [3.05, 3.63) is 54.4 Å². The minimum atomic E-state index is -0.0493. The van der Waals surface area contributed by atoms with Gasteiger partial charge in [-0.2, -0.15) is 10.1 Å². The van der Waals surface area contributed by atoms with Crippen LogP contribution in [0.1, 0.15) is 5.69 Å². The number of hydrogen-bond donors (Lipinski definition) is 3. The topological polar surface area (TPSA) is 103 Å². The molecule has 0 unspecified atom stereocenters. The van der Waals surface area contributed by atoms with Crippen molar-refractivity contribution in [3.8, 4) is 0 Å². The molecule has 0 saturated carbocycles. The summed E-state index contributed by atoms with van der Waals surface area (Å²) in [5, 5.41) is 13.8. The highest BCUT2D eigenvalue weighted by Gasteiger charge is 2.11. The number of aryl methyl sites for hydroxylation is 1. The minimum absolute atomic E-state index is 0.0493. The van der Waals surface area contributed by atoms with Crippen LogP contribution in [0, 0.1) is 6.92 Å². The van der Waals surface area contributed by atoms with Crippen LogP contribution in [0.4, 0.5) is 17.5 Å². The molecule has 0 aliphatic rings. The highest BCUT2D eigenvalue weighted by atomic mass is 32.2. The van der Waals surface area contributed by atoms with Gasteiger partial charge in [0.2, 0.25) is 11.9 Å². The average Bonchev–Trinajstić information content (AvgIpc) is 3.31. The normalized spacial score (nSPS) is 11.2. The van der Waals surface area contributed by atoms with Crippen LogP contribution in [0.25, 0.3) is 5.65 Å².